The molecule has 1 aliphatic rings. The normalized spacial score (nSPS) is 14.7. The average Bonchev–Trinajstić information content (AvgIpc) is 3.30. The van der Waals surface area contributed by atoms with Crippen LogP contribution < -0.4 is 4.74 Å². The van der Waals surface area contributed by atoms with E-state index in [1.54, 1.807) is 36.3 Å². The van der Waals surface area contributed by atoms with E-state index in [0.29, 0.717) is 31.3 Å². The smallest absolute Gasteiger partial charge is 0.289 e. The number of hydrogen-bond donors (Lipinski definition) is 1. The third kappa shape index (κ3) is 4.25. The molecule has 0 radical (unpaired) electrons. The van der Waals surface area contributed by atoms with E-state index in [4.69, 9.17) is 9.15 Å². The van der Waals surface area contributed by atoms with Gasteiger partial charge in [-0.25, -0.2) is 4.98 Å². The quantitative estimate of drug-likeness (QED) is 0.718. The Hall–Kier alpha value is -3.32. The first-order chi connectivity index (χ1) is 14.1. The minimum Gasteiger partial charge on any atom is -0.508 e. The van der Waals surface area contributed by atoms with Crippen LogP contribution in [0, 0.1) is 0 Å². The summed E-state index contributed by atoms with van der Waals surface area (Å²) in [5.74, 6) is 1.10. The molecule has 3 aromatic rings. The lowest BCUT2D eigenvalue weighted by Crippen LogP contribution is -2.48. The lowest BCUT2D eigenvalue weighted by Gasteiger charge is -2.34. The third-order valence-electron chi connectivity index (χ3n) is 5.09. The van der Waals surface area contributed by atoms with Crippen molar-refractivity contribution in [3.63, 3.8) is 0 Å². The number of methoxy groups -OCH3 is 1. The molecule has 4 rings (SSSR count). The van der Waals surface area contributed by atoms with Crippen molar-refractivity contribution in [2.45, 2.75) is 6.54 Å². The standard InChI is InChI=1S/C22H23N3O4/c1-28-21-6-2-4-18(23-21)16-7-8-19(26)17(14-16)15-24-9-11-25(12-10-24)22(27)20-5-3-13-29-20/h2-8,13-14,26H,9-12,15H2,1H3. The Labute approximate surface area is 169 Å². The second-order valence-corrected chi connectivity index (χ2v) is 6.95. The molecule has 0 spiro atoms. The number of benzene rings is 1. The number of ether oxygens (including phenoxy) is 1. The van der Waals surface area contributed by atoms with Crippen molar-refractivity contribution >= 4 is 5.91 Å². The van der Waals surface area contributed by atoms with E-state index in [2.05, 4.69) is 9.88 Å². The summed E-state index contributed by atoms with van der Waals surface area (Å²) in [6.45, 7) is 3.31. The predicted molar refractivity (Wildman–Crippen MR) is 108 cm³/mol. The highest BCUT2D eigenvalue weighted by atomic mass is 16.5. The predicted octanol–water partition coefficient (Wildman–Crippen LogP) is 3.01. The van der Waals surface area contributed by atoms with Crippen LogP contribution in [0.15, 0.2) is 59.2 Å². The number of piperazine rings is 1. The van der Waals surface area contributed by atoms with Crippen LogP contribution >= 0.6 is 0 Å². The fourth-order valence-electron chi connectivity index (χ4n) is 3.47. The van der Waals surface area contributed by atoms with E-state index in [0.717, 1.165) is 29.9 Å². The SMILES string of the molecule is COc1cccc(-c2ccc(O)c(CN3CCN(C(=O)c4ccco4)CC3)c2)n1. The number of phenolic OH excluding ortho intramolecular Hbond substituents is 1. The van der Waals surface area contributed by atoms with Crippen molar-refractivity contribution in [2.75, 3.05) is 33.3 Å². The minimum atomic E-state index is -0.0800. The molecular weight excluding hydrogens is 370 g/mol. The molecule has 1 saturated heterocycles. The maximum atomic E-state index is 12.4. The highest BCUT2D eigenvalue weighted by Crippen LogP contribution is 2.27. The van der Waals surface area contributed by atoms with Gasteiger partial charge in [0, 0.05) is 49.9 Å². The molecule has 2 aromatic heterocycles. The van der Waals surface area contributed by atoms with Gasteiger partial charge in [0.2, 0.25) is 5.88 Å². The van der Waals surface area contributed by atoms with Gasteiger partial charge in [0.05, 0.1) is 19.1 Å². The Kier molecular flexibility index (Phi) is 5.48. The summed E-state index contributed by atoms with van der Waals surface area (Å²) in [5.41, 5.74) is 2.54. The number of rotatable bonds is 5. The van der Waals surface area contributed by atoms with Crippen LogP contribution in [0.25, 0.3) is 11.3 Å². The molecule has 1 fully saturated rings. The van der Waals surface area contributed by atoms with Crippen molar-refractivity contribution in [3.8, 4) is 22.9 Å². The molecule has 1 amide bonds. The molecule has 7 heteroatoms. The Bertz CT molecular complexity index is 979. The van der Waals surface area contributed by atoms with E-state index >= 15 is 0 Å². The first kappa shape index (κ1) is 19.0. The van der Waals surface area contributed by atoms with Gasteiger partial charge in [-0.3, -0.25) is 9.69 Å². The van der Waals surface area contributed by atoms with Crippen molar-refractivity contribution in [1.29, 1.82) is 0 Å². The first-order valence-corrected chi connectivity index (χ1v) is 9.52. The number of aromatic nitrogens is 1. The number of nitrogens with zero attached hydrogens (tertiary/aromatic N) is 3. The number of carbonyl (C=O) groups excluding carboxylic acids is 1. The molecule has 0 bridgehead atoms. The van der Waals surface area contributed by atoms with E-state index in [-0.39, 0.29) is 11.7 Å². The first-order valence-electron chi connectivity index (χ1n) is 9.52. The number of amides is 1. The molecule has 29 heavy (non-hydrogen) atoms. The van der Waals surface area contributed by atoms with Crippen molar-refractivity contribution in [2.24, 2.45) is 0 Å². The summed E-state index contributed by atoms with van der Waals surface area (Å²) >= 11 is 0. The molecule has 0 unspecified atom stereocenters. The lowest BCUT2D eigenvalue weighted by molar-refractivity contribution is 0.0597. The summed E-state index contributed by atoms with van der Waals surface area (Å²) in [6, 6.07) is 14.5. The molecule has 0 atom stereocenters. The van der Waals surface area contributed by atoms with Crippen molar-refractivity contribution in [1.82, 2.24) is 14.8 Å². The maximum Gasteiger partial charge on any atom is 0.289 e. The molecule has 3 heterocycles. The van der Waals surface area contributed by atoms with Gasteiger partial charge in [-0.05, 0) is 36.4 Å². The van der Waals surface area contributed by atoms with Gasteiger partial charge in [-0.15, -0.1) is 0 Å². The average molecular weight is 393 g/mol. The molecule has 1 aromatic carbocycles. The van der Waals surface area contributed by atoms with Crippen LogP contribution in [-0.4, -0.2) is 59.1 Å². The summed E-state index contributed by atoms with van der Waals surface area (Å²) in [5, 5.41) is 10.3. The molecule has 0 aliphatic carbocycles. The van der Waals surface area contributed by atoms with Gasteiger partial charge in [0.15, 0.2) is 5.76 Å². The molecule has 150 valence electrons. The van der Waals surface area contributed by atoms with Crippen LogP contribution in [0.5, 0.6) is 11.6 Å². The Balaban J connectivity index is 1.43. The van der Waals surface area contributed by atoms with Crippen LogP contribution in [-0.2, 0) is 6.54 Å². The molecule has 1 aliphatic heterocycles. The zero-order valence-corrected chi connectivity index (χ0v) is 16.2. The fourth-order valence-corrected chi connectivity index (χ4v) is 3.47. The van der Waals surface area contributed by atoms with Crippen LogP contribution in [0.2, 0.25) is 0 Å². The Morgan fingerprint density at radius 3 is 2.69 bits per heavy atom. The number of furan rings is 1. The van der Waals surface area contributed by atoms with Gasteiger partial charge in [0.1, 0.15) is 5.75 Å². The van der Waals surface area contributed by atoms with Gasteiger partial charge >= 0.3 is 0 Å². The van der Waals surface area contributed by atoms with Gasteiger partial charge in [-0.1, -0.05) is 6.07 Å². The highest BCUT2D eigenvalue weighted by Gasteiger charge is 2.24. The van der Waals surface area contributed by atoms with E-state index in [9.17, 15) is 9.90 Å². The zero-order valence-electron chi connectivity index (χ0n) is 16.2. The minimum absolute atomic E-state index is 0.0800. The van der Waals surface area contributed by atoms with Crippen LogP contribution in [0.3, 0.4) is 0 Å². The summed E-state index contributed by atoms with van der Waals surface area (Å²) in [7, 11) is 1.59. The third-order valence-corrected chi connectivity index (χ3v) is 5.09. The fraction of sp³-hybridized carbons (Fsp3) is 0.273. The highest BCUT2D eigenvalue weighted by molar-refractivity contribution is 5.91. The van der Waals surface area contributed by atoms with Crippen molar-refractivity contribution in [3.05, 3.63) is 66.1 Å². The zero-order chi connectivity index (χ0) is 20.2. The van der Waals surface area contributed by atoms with E-state index < -0.39 is 0 Å². The van der Waals surface area contributed by atoms with E-state index in [1.807, 2.05) is 24.3 Å². The van der Waals surface area contributed by atoms with E-state index in [1.165, 1.54) is 6.26 Å². The number of hydrogen-bond acceptors (Lipinski definition) is 6. The molecular formula is C22H23N3O4. The molecule has 7 nitrogen and oxygen atoms in total. The van der Waals surface area contributed by atoms with Crippen molar-refractivity contribution < 1.29 is 19.1 Å². The molecule has 0 saturated carbocycles. The number of carbonyl (C=O) groups is 1. The monoisotopic (exact) mass is 393 g/mol. The Morgan fingerprint density at radius 1 is 1.14 bits per heavy atom. The largest absolute Gasteiger partial charge is 0.508 e. The van der Waals surface area contributed by atoms with Crippen LogP contribution in [0.1, 0.15) is 16.1 Å². The summed E-state index contributed by atoms with van der Waals surface area (Å²) in [4.78, 5) is 20.9. The topological polar surface area (TPSA) is 79.0 Å². The van der Waals surface area contributed by atoms with Crippen LogP contribution in [0.4, 0.5) is 0 Å². The number of phenols is 1. The summed E-state index contributed by atoms with van der Waals surface area (Å²) in [6.07, 6.45) is 1.51. The molecule has 1 N–H and O–H groups in total. The second kappa shape index (κ2) is 8.36. The summed E-state index contributed by atoms with van der Waals surface area (Å²) < 4.78 is 10.4. The van der Waals surface area contributed by atoms with Gasteiger partial charge in [-0.2, -0.15) is 0 Å². The number of aromatic hydroxyl groups is 1. The lowest BCUT2D eigenvalue weighted by atomic mass is 10.1. The van der Waals surface area contributed by atoms with Gasteiger partial charge < -0.3 is 19.2 Å². The number of pyridine rings is 1. The second-order valence-electron chi connectivity index (χ2n) is 6.95. The van der Waals surface area contributed by atoms with Gasteiger partial charge in [0.25, 0.3) is 5.91 Å². The Morgan fingerprint density at radius 2 is 1.97 bits per heavy atom. The maximum absolute atomic E-state index is 12.4.